The minimum absolute atomic E-state index is 0.250. The first-order valence-corrected chi connectivity index (χ1v) is 7.77. The van der Waals surface area contributed by atoms with Crippen LogP contribution in [0.25, 0.3) is 11.0 Å². The molecule has 7 nitrogen and oxygen atoms in total. The summed E-state index contributed by atoms with van der Waals surface area (Å²) < 4.78 is 17.0. The van der Waals surface area contributed by atoms with Gasteiger partial charge in [-0.3, -0.25) is 4.68 Å². The van der Waals surface area contributed by atoms with Crippen molar-refractivity contribution in [1.29, 1.82) is 0 Å². The fraction of sp³-hybridized carbons (Fsp3) is 0.176. The first kappa shape index (κ1) is 15.3. The molecule has 0 saturated heterocycles. The molecule has 8 heteroatoms. The second-order valence-electron chi connectivity index (χ2n) is 5.94. The number of rotatable bonds is 4. The Morgan fingerprint density at radius 1 is 1.12 bits per heavy atom. The summed E-state index contributed by atoms with van der Waals surface area (Å²) in [5.41, 5.74) is 3.19. The average molecular weight is 337 g/mol. The van der Waals surface area contributed by atoms with E-state index in [-0.39, 0.29) is 5.82 Å². The summed E-state index contributed by atoms with van der Waals surface area (Å²) in [5, 5.41) is 12.4. The van der Waals surface area contributed by atoms with Crippen molar-refractivity contribution in [2.24, 2.45) is 7.05 Å². The molecule has 0 spiro atoms. The predicted molar refractivity (Wildman–Crippen MR) is 92.1 cm³/mol. The highest BCUT2D eigenvalue weighted by molar-refractivity contribution is 5.75. The summed E-state index contributed by atoms with van der Waals surface area (Å²) in [6.07, 6.45) is 6.94. The number of fused-ring (bicyclic) bond motifs is 1. The maximum Gasteiger partial charge on any atom is 0.229 e. The van der Waals surface area contributed by atoms with Crippen molar-refractivity contribution in [3.63, 3.8) is 0 Å². The van der Waals surface area contributed by atoms with Crippen molar-refractivity contribution in [3.8, 4) is 0 Å². The first-order valence-electron chi connectivity index (χ1n) is 7.77. The van der Waals surface area contributed by atoms with Crippen LogP contribution in [-0.4, -0.2) is 29.5 Å². The van der Waals surface area contributed by atoms with Gasteiger partial charge in [-0.1, -0.05) is 6.07 Å². The molecule has 0 aliphatic heterocycles. The molecule has 25 heavy (non-hydrogen) atoms. The smallest absolute Gasteiger partial charge is 0.229 e. The molecule has 0 radical (unpaired) electrons. The lowest BCUT2D eigenvalue weighted by atomic mass is 10.1. The molecule has 1 N–H and O–H groups in total. The highest BCUT2D eigenvalue weighted by atomic mass is 19.1. The molecule has 3 heterocycles. The first-order chi connectivity index (χ1) is 12.1. The van der Waals surface area contributed by atoms with Gasteiger partial charge in [0.05, 0.1) is 30.0 Å². The molecule has 4 aromatic rings. The quantitative estimate of drug-likeness (QED) is 0.620. The van der Waals surface area contributed by atoms with Gasteiger partial charge in [0.1, 0.15) is 5.82 Å². The van der Waals surface area contributed by atoms with E-state index in [1.807, 2.05) is 26.2 Å². The maximum atomic E-state index is 13.6. The van der Waals surface area contributed by atoms with Crippen LogP contribution < -0.4 is 5.32 Å². The summed E-state index contributed by atoms with van der Waals surface area (Å²) in [4.78, 5) is 8.82. The van der Waals surface area contributed by atoms with Gasteiger partial charge in [-0.2, -0.15) is 15.2 Å². The number of aromatic nitrogens is 6. The molecule has 0 unspecified atom stereocenters. The summed E-state index contributed by atoms with van der Waals surface area (Å²) in [6, 6.07) is 4.95. The van der Waals surface area contributed by atoms with E-state index in [9.17, 15) is 4.39 Å². The fourth-order valence-electron chi connectivity index (χ4n) is 2.73. The van der Waals surface area contributed by atoms with E-state index in [4.69, 9.17) is 0 Å². The molecule has 0 amide bonds. The van der Waals surface area contributed by atoms with Crippen LogP contribution in [0.5, 0.6) is 0 Å². The van der Waals surface area contributed by atoms with Gasteiger partial charge in [-0.05, 0) is 30.2 Å². The van der Waals surface area contributed by atoms with Crippen molar-refractivity contribution in [2.45, 2.75) is 13.5 Å². The number of hydrogen-bond donors (Lipinski definition) is 1. The van der Waals surface area contributed by atoms with Crippen LogP contribution in [0.3, 0.4) is 0 Å². The lowest BCUT2D eigenvalue weighted by Crippen LogP contribution is -2.05. The Hall–Kier alpha value is -3.29. The Morgan fingerprint density at radius 3 is 2.76 bits per heavy atom. The maximum absolute atomic E-state index is 13.6. The zero-order valence-electron chi connectivity index (χ0n) is 13.8. The molecular weight excluding hydrogens is 321 g/mol. The Labute approximate surface area is 143 Å². The highest BCUT2D eigenvalue weighted by Gasteiger charge is 2.09. The van der Waals surface area contributed by atoms with E-state index >= 15 is 0 Å². The number of nitrogens with zero attached hydrogens (tertiary/aromatic N) is 6. The van der Waals surface area contributed by atoms with Crippen molar-refractivity contribution < 1.29 is 4.39 Å². The molecule has 3 aromatic heterocycles. The van der Waals surface area contributed by atoms with Crippen LogP contribution in [0.4, 0.5) is 16.0 Å². The summed E-state index contributed by atoms with van der Waals surface area (Å²) in [7, 11) is 1.84. The third-order valence-corrected chi connectivity index (χ3v) is 3.77. The van der Waals surface area contributed by atoms with E-state index in [2.05, 4.69) is 25.5 Å². The lowest BCUT2D eigenvalue weighted by Gasteiger charge is -2.06. The molecule has 0 aliphatic carbocycles. The van der Waals surface area contributed by atoms with Gasteiger partial charge >= 0.3 is 0 Å². The number of nitrogens with one attached hydrogen (secondary N) is 1. The third-order valence-electron chi connectivity index (χ3n) is 3.77. The van der Waals surface area contributed by atoms with Gasteiger partial charge in [0, 0.05) is 19.4 Å². The highest BCUT2D eigenvalue weighted by Crippen LogP contribution is 2.17. The van der Waals surface area contributed by atoms with E-state index in [1.54, 1.807) is 28.0 Å². The third kappa shape index (κ3) is 3.18. The monoisotopic (exact) mass is 337 g/mol. The van der Waals surface area contributed by atoms with E-state index in [1.165, 1.54) is 12.1 Å². The Bertz CT molecular complexity index is 1030. The normalized spacial score (nSPS) is 11.2. The van der Waals surface area contributed by atoms with Crippen LogP contribution in [0.1, 0.15) is 11.1 Å². The van der Waals surface area contributed by atoms with Gasteiger partial charge in [-0.15, -0.1) is 0 Å². The van der Waals surface area contributed by atoms with Crippen LogP contribution >= 0.6 is 0 Å². The Balaban J connectivity index is 1.66. The van der Waals surface area contributed by atoms with Gasteiger partial charge in [-0.25, -0.2) is 14.1 Å². The van der Waals surface area contributed by atoms with Crippen LogP contribution in [0, 0.1) is 12.7 Å². The Morgan fingerprint density at radius 2 is 2.00 bits per heavy atom. The summed E-state index contributed by atoms with van der Waals surface area (Å²) in [6.45, 7) is 2.30. The second-order valence-corrected chi connectivity index (χ2v) is 5.94. The standard InChI is InChI=1S/C17H16FN7/c1-11-3-12(5-14(18)4-11)9-25-16-13(7-21-25)6-19-17(23-16)22-15-8-20-24(2)10-15/h3-8,10H,9H2,1-2H3,(H,19,22,23). The van der Waals surface area contributed by atoms with Crippen molar-refractivity contribution in [1.82, 2.24) is 29.5 Å². The largest absolute Gasteiger partial charge is 0.321 e. The zero-order chi connectivity index (χ0) is 17.4. The lowest BCUT2D eigenvalue weighted by molar-refractivity contribution is 0.619. The zero-order valence-corrected chi connectivity index (χ0v) is 13.8. The van der Waals surface area contributed by atoms with E-state index in [0.29, 0.717) is 18.1 Å². The molecule has 1 aromatic carbocycles. The van der Waals surface area contributed by atoms with Crippen LogP contribution in [0.2, 0.25) is 0 Å². The molecule has 0 atom stereocenters. The summed E-state index contributed by atoms with van der Waals surface area (Å²) in [5.74, 6) is 0.206. The van der Waals surface area contributed by atoms with Crippen LogP contribution in [-0.2, 0) is 13.6 Å². The number of halogens is 1. The number of hydrogen-bond acceptors (Lipinski definition) is 5. The average Bonchev–Trinajstić information content (AvgIpc) is 3.13. The SMILES string of the molecule is Cc1cc(F)cc(Cn2ncc3cnc(Nc4cnn(C)c4)nc32)c1. The van der Waals surface area contributed by atoms with E-state index < -0.39 is 0 Å². The van der Waals surface area contributed by atoms with Crippen molar-refractivity contribution in [2.75, 3.05) is 5.32 Å². The second kappa shape index (κ2) is 5.97. The molecule has 4 rings (SSSR count). The number of anilines is 2. The molecule has 0 aliphatic rings. The van der Waals surface area contributed by atoms with E-state index in [0.717, 1.165) is 22.2 Å². The fourth-order valence-corrected chi connectivity index (χ4v) is 2.73. The predicted octanol–water partition coefficient (Wildman–Crippen LogP) is 2.80. The number of benzene rings is 1. The van der Waals surface area contributed by atoms with Crippen molar-refractivity contribution in [3.05, 3.63) is 59.9 Å². The Kier molecular flexibility index (Phi) is 3.64. The minimum atomic E-state index is -0.250. The van der Waals surface area contributed by atoms with Gasteiger partial charge in [0.15, 0.2) is 5.65 Å². The summed E-state index contributed by atoms with van der Waals surface area (Å²) >= 11 is 0. The minimum Gasteiger partial charge on any atom is -0.321 e. The van der Waals surface area contributed by atoms with Gasteiger partial charge < -0.3 is 5.32 Å². The van der Waals surface area contributed by atoms with Gasteiger partial charge in [0.25, 0.3) is 0 Å². The van der Waals surface area contributed by atoms with Crippen molar-refractivity contribution >= 4 is 22.7 Å². The number of aryl methyl sites for hydroxylation is 2. The topological polar surface area (TPSA) is 73.5 Å². The molecule has 0 bridgehead atoms. The molecule has 126 valence electrons. The van der Waals surface area contributed by atoms with Gasteiger partial charge in [0.2, 0.25) is 5.95 Å². The van der Waals surface area contributed by atoms with Crippen LogP contribution in [0.15, 0.2) is 43.0 Å². The molecule has 0 saturated carbocycles. The molecular formula is C17H16FN7. The molecule has 0 fully saturated rings.